The molecular weight excluding hydrogens is 314 g/mol. The SMILES string of the molecule is CC(C)(COc1ccccc1)C(=O)N(O)Cc1ccccc1Cl. The maximum Gasteiger partial charge on any atom is 0.255 e. The third-order valence-electron chi connectivity index (χ3n) is 3.43. The highest BCUT2D eigenvalue weighted by Crippen LogP contribution is 2.23. The van der Waals surface area contributed by atoms with Gasteiger partial charge in [-0.15, -0.1) is 0 Å². The predicted octanol–water partition coefficient (Wildman–Crippen LogP) is 4.16. The predicted molar refractivity (Wildman–Crippen MR) is 89.5 cm³/mol. The first-order valence-electron chi connectivity index (χ1n) is 7.32. The number of rotatable bonds is 6. The van der Waals surface area contributed by atoms with Crippen molar-refractivity contribution in [2.75, 3.05) is 6.61 Å². The number of hydrogen-bond acceptors (Lipinski definition) is 3. The van der Waals surface area contributed by atoms with Crippen molar-refractivity contribution in [3.8, 4) is 5.75 Å². The molecule has 0 saturated heterocycles. The van der Waals surface area contributed by atoms with Crippen molar-refractivity contribution < 1.29 is 14.7 Å². The minimum atomic E-state index is -0.869. The molecular formula is C18H20ClNO3. The summed E-state index contributed by atoms with van der Waals surface area (Å²) in [4.78, 5) is 12.5. The number of amides is 1. The summed E-state index contributed by atoms with van der Waals surface area (Å²) in [5, 5.41) is 11.3. The number of hydroxylamine groups is 2. The molecule has 0 unspecified atom stereocenters. The molecule has 2 aromatic rings. The molecule has 2 aromatic carbocycles. The zero-order valence-electron chi connectivity index (χ0n) is 13.2. The fourth-order valence-corrected chi connectivity index (χ4v) is 2.25. The summed E-state index contributed by atoms with van der Waals surface area (Å²) in [7, 11) is 0. The molecule has 0 saturated carbocycles. The van der Waals surface area contributed by atoms with E-state index in [0.717, 1.165) is 0 Å². The van der Waals surface area contributed by atoms with E-state index in [1.165, 1.54) is 0 Å². The van der Waals surface area contributed by atoms with Crippen LogP contribution in [0.25, 0.3) is 0 Å². The van der Waals surface area contributed by atoms with Gasteiger partial charge in [-0.3, -0.25) is 10.0 Å². The Kier molecular flexibility index (Phi) is 5.64. The lowest BCUT2D eigenvalue weighted by Crippen LogP contribution is -2.42. The summed E-state index contributed by atoms with van der Waals surface area (Å²) < 4.78 is 5.63. The molecule has 0 aliphatic rings. The first-order valence-corrected chi connectivity index (χ1v) is 7.70. The summed E-state index contributed by atoms with van der Waals surface area (Å²) in [6.07, 6.45) is 0. The van der Waals surface area contributed by atoms with Crippen molar-refractivity contribution in [1.82, 2.24) is 5.06 Å². The van der Waals surface area contributed by atoms with Gasteiger partial charge >= 0.3 is 0 Å². The lowest BCUT2D eigenvalue weighted by atomic mass is 9.93. The van der Waals surface area contributed by atoms with Crippen LogP contribution in [0.5, 0.6) is 5.75 Å². The van der Waals surface area contributed by atoms with Gasteiger partial charge in [-0.2, -0.15) is 0 Å². The molecule has 0 heterocycles. The molecule has 2 rings (SSSR count). The summed E-state index contributed by atoms with van der Waals surface area (Å²) in [5.74, 6) is 0.261. The van der Waals surface area contributed by atoms with Gasteiger partial charge in [0.05, 0.1) is 12.0 Å². The molecule has 0 spiro atoms. The van der Waals surface area contributed by atoms with Crippen molar-refractivity contribution >= 4 is 17.5 Å². The van der Waals surface area contributed by atoms with Gasteiger partial charge in [-0.25, -0.2) is 5.06 Å². The van der Waals surface area contributed by atoms with Crippen LogP contribution in [0.1, 0.15) is 19.4 Å². The highest BCUT2D eigenvalue weighted by molar-refractivity contribution is 6.31. The second-order valence-electron chi connectivity index (χ2n) is 5.94. The quantitative estimate of drug-likeness (QED) is 0.637. The van der Waals surface area contributed by atoms with E-state index >= 15 is 0 Å². The molecule has 4 nitrogen and oxygen atoms in total. The fourth-order valence-electron chi connectivity index (χ4n) is 2.05. The van der Waals surface area contributed by atoms with E-state index in [0.29, 0.717) is 21.4 Å². The summed E-state index contributed by atoms with van der Waals surface area (Å²) in [5.41, 5.74) is -0.184. The summed E-state index contributed by atoms with van der Waals surface area (Å²) >= 11 is 6.05. The van der Waals surface area contributed by atoms with Crippen molar-refractivity contribution in [1.29, 1.82) is 0 Å². The van der Waals surface area contributed by atoms with Crippen LogP contribution in [0.3, 0.4) is 0 Å². The normalized spacial score (nSPS) is 11.1. The van der Waals surface area contributed by atoms with E-state index in [4.69, 9.17) is 16.3 Å². The van der Waals surface area contributed by atoms with E-state index < -0.39 is 11.3 Å². The number of para-hydroxylation sites is 1. The van der Waals surface area contributed by atoms with Crippen molar-refractivity contribution in [2.45, 2.75) is 20.4 Å². The third kappa shape index (κ3) is 4.71. The van der Waals surface area contributed by atoms with Gasteiger partial charge in [0.15, 0.2) is 0 Å². The van der Waals surface area contributed by atoms with E-state index in [-0.39, 0.29) is 13.2 Å². The Morgan fingerprint density at radius 1 is 1.13 bits per heavy atom. The molecule has 0 aromatic heterocycles. The van der Waals surface area contributed by atoms with Crippen molar-refractivity contribution in [3.63, 3.8) is 0 Å². The van der Waals surface area contributed by atoms with E-state index in [1.54, 1.807) is 32.0 Å². The minimum absolute atomic E-state index is 0.0350. The van der Waals surface area contributed by atoms with Crippen molar-refractivity contribution in [3.05, 3.63) is 65.2 Å². The number of halogens is 1. The average Bonchev–Trinajstić information content (AvgIpc) is 2.55. The number of carbonyl (C=O) groups excluding carboxylic acids is 1. The van der Waals surface area contributed by atoms with Gasteiger partial charge in [-0.1, -0.05) is 48.0 Å². The number of carbonyl (C=O) groups is 1. The van der Waals surface area contributed by atoms with E-state index in [9.17, 15) is 10.0 Å². The standard InChI is InChI=1S/C18H20ClNO3/c1-18(2,13-23-15-9-4-3-5-10-15)17(21)20(22)12-14-8-6-7-11-16(14)19/h3-11,22H,12-13H2,1-2H3. The van der Waals surface area contributed by atoms with Crippen LogP contribution in [0.15, 0.2) is 54.6 Å². The fraction of sp³-hybridized carbons (Fsp3) is 0.278. The topological polar surface area (TPSA) is 49.8 Å². The smallest absolute Gasteiger partial charge is 0.255 e. The largest absolute Gasteiger partial charge is 0.492 e. The third-order valence-corrected chi connectivity index (χ3v) is 3.80. The van der Waals surface area contributed by atoms with Gasteiger partial charge in [0.1, 0.15) is 12.4 Å². The molecule has 0 atom stereocenters. The van der Waals surface area contributed by atoms with Crippen LogP contribution < -0.4 is 4.74 Å². The Labute approximate surface area is 141 Å². The average molecular weight is 334 g/mol. The number of nitrogens with zero attached hydrogens (tertiary/aromatic N) is 1. The molecule has 122 valence electrons. The second-order valence-corrected chi connectivity index (χ2v) is 6.35. The Morgan fingerprint density at radius 3 is 2.39 bits per heavy atom. The Bertz CT molecular complexity index is 658. The number of ether oxygens (including phenoxy) is 1. The second kappa shape index (κ2) is 7.49. The van der Waals surface area contributed by atoms with Crippen LogP contribution in [0, 0.1) is 5.41 Å². The number of hydrogen-bond donors (Lipinski definition) is 1. The van der Waals surface area contributed by atoms with Crippen LogP contribution in [-0.2, 0) is 11.3 Å². The molecule has 0 fully saturated rings. The first-order chi connectivity index (χ1) is 10.9. The highest BCUT2D eigenvalue weighted by Gasteiger charge is 2.33. The lowest BCUT2D eigenvalue weighted by Gasteiger charge is -2.28. The van der Waals surface area contributed by atoms with E-state index in [2.05, 4.69) is 0 Å². The van der Waals surface area contributed by atoms with Crippen LogP contribution in [0.2, 0.25) is 5.02 Å². The molecule has 0 bridgehead atoms. The molecule has 5 heteroatoms. The van der Waals surface area contributed by atoms with E-state index in [1.807, 2.05) is 36.4 Å². The van der Waals surface area contributed by atoms with Gasteiger partial charge < -0.3 is 4.74 Å². The summed E-state index contributed by atoms with van der Waals surface area (Å²) in [6, 6.07) is 16.4. The first kappa shape index (κ1) is 17.3. The molecule has 1 N–H and O–H groups in total. The Balaban J connectivity index is 1.98. The molecule has 23 heavy (non-hydrogen) atoms. The van der Waals surface area contributed by atoms with Crippen LogP contribution >= 0.6 is 11.6 Å². The zero-order valence-corrected chi connectivity index (χ0v) is 14.0. The highest BCUT2D eigenvalue weighted by atomic mass is 35.5. The van der Waals surface area contributed by atoms with Crippen molar-refractivity contribution in [2.24, 2.45) is 5.41 Å². The number of benzene rings is 2. The Hall–Kier alpha value is -2.04. The maximum atomic E-state index is 12.5. The Morgan fingerprint density at radius 2 is 1.74 bits per heavy atom. The van der Waals surface area contributed by atoms with Crippen LogP contribution in [0.4, 0.5) is 0 Å². The molecule has 0 aliphatic heterocycles. The van der Waals surface area contributed by atoms with Gasteiger partial charge in [0, 0.05) is 5.02 Å². The van der Waals surface area contributed by atoms with Crippen LogP contribution in [-0.4, -0.2) is 22.8 Å². The molecule has 0 aliphatic carbocycles. The van der Waals surface area contributed by atoms with Gasteiger partial charge in [-0.05, 0) is 37.6 Å². The van der Waals surface area contributed by atoms with Gasteiger partial charge in [0.25, 0.3) is 5.91 Å². The molecule has 0 radical (unpaired) electrons. The monoisotopic (exact) mass is 333 g/mol. The maximum absolute atomic E-state index is 12.5. The minimum Gasteiger partial charge on any atom is -0.492 e. The summed E-state index contributed by atoms with van der Waals surface area (Å²) in [6.45, 7) is 3.66. The zero-order chi connectivity index (χ0) is 16.9. The lowest BCUT2D eigenvalue weighted by molar-refractivity contribution is -0.179. The molecule has 1 amide bonds. The van der Waals surface area contributed by atoms with Gasteiger partial charge in [0.2, 0.25) is 0 Å².